The zero-order chi connectivity index (χ0) is 18.8. The number of nitrogens with zero attached hydrogens (tertiary/aromatic N) is 2. The lowest BCUT2D eigenvalue weighted by Gasteiger charge is -2.11. The van der Waals surface area contributed by atoms with E-state index < -0.39 is 0 Å². The van der Waals surface area contributed by atoms with Crippen molar-refractivity contribution in [3.05, 3.63) is 83.9 Å². The lowest BCUT2D eigenvalue weighted by Crippen LogP contribution is -2.00. The third-order valence-electron chi connectivity index (χ3n) is 4.57. The van der Waals surface area contributed by atoms with Crippen LogP contribution in [-0.2, 0) is 0 Å². The van der Waals surface area contributed by atoms with Gasteiger partial charge in [0, 0.05) is 27.6 Å². The topological polar surface area (TPSA) is 54.9 Å². The van der Waals surface area contributed by atoms with E-state index in [-0.39, 0.29) is 5.78 Å². The molecule has 0 aliphatic carbocycles. The van der Waals surface area contributed by atoms with Gasteiger partial charge >= 0.3 is 0 Å². The molecule has 0 aliphatic rings. The Hall–Kier alpha value is -3.53. The Labute approximate surface area is 157 Å². The molecule has 27 heavy (non-hydrogen) atoms. The molecule has 4 nitrogen and oxygen atoms in total. The first-order valence-corrected chi connectivity index (χ1v) is 8.82. The number of carbonyl (C=O) groups is 1. The number of hydrogen-bond acceptors (Lipinski definition) is 4. The van der Waals surface area contributed by atoms with Gasteiger partial charge in [-0.3, -0.25) is 4.79 Å². The molecule has 4 aromatic rings. The second-order valence-corrected chi connectivity index (χ2v) is 6.57. The van der Waals surface area contributed by atoms with Crippen LogP contribution in [0.15, 0.2) is 72.8 Å². The van der Waals surface area contributed by atoms with E-state index in [0.717, 1.165) is 27.7 Å². The Bertz CT molecular complexity index is 1120. The average Bonchev–Trinajstić information content (AvgIpc) is 2.69. The van der Waals surface area contributed by atoms with Crippen LogP contribution in [0.1, 0.15) is 22.8 Å². The summed E-state index contributed by atoms with van der Waals surface area (Å²) in [7, 11) is 0. The lowest BCUT2D eigenvalue weighted by atomic mass is 10.0. The molecule has 1 aromatic heterocycles. The molecule has 0 saturated heterocycles. The zero-order valence-corrected chi connectivity index (χ0v) is 15.2. The SMILES string of the molecule is CC(=O)c1ccc(Nc2nnc(-c3ccc(C)cc3)c3ccccc23)cc1. The maximum Gasteiger partial charge on any atom is 0.161 e. The summed E-state index contributed by atoms with van der Waals surface area (Å²) in [4.78, 5) is 11.4. The Morgan fingerprint density at radius 1 is 0.815 bits per heavy atom. The molecule has 0 bridgehead atoms. The maximum atomic E-state index is 11.4. The number of aryl methyl sites for hydroxylation is 1. The van der Waals surface area contributed by atoms with E-state index in [1.807, 2.05) is 30.3 Å². The van der Waals surface area contributed by atoms with Gasteiger partial charge in [0.15, 0.2) is 11.6 Å². The van der Waals surface area contributed by atoms with Crippen LogP contribution < -0.4 is 5.32 Å². The monoisotopic (exact) mass is 353 g/mol. The van der Waals surface area contributed by atoms with Crippen molar-refractivity contribution in [2.45, 2.75) is 13.8 Å². The Morgan fingerprint density at radius 3 is 2.15 bits per heavy atom. The summed E-state index contributed by atoms with van der Waals surface area (Å²) in [5.41, 5.74) is 4.67. The summed E-state index contributed by atoms with van der Waals surface area (Å²) in [6, 6.07) is 23.8. The molecular formula is C23H19N3O. The summed E-state index contributed by atoms with van der Waals surface area (Å²) in [6.07, 6.45) is 0. The number of fused-ring (bicyclic) bond motifs is 1. The highest BCUT2D eigenvalue weighted by molar-refractivity contribution is 6.01. The van der Waals surface area contributed by atoms with Crippen molar-refractivity contribution in [3.8, 4) is 11.3 Å². The molecule has 0 aliphatic heterocycles. The van der Waals surface area contributed by atoms with Gasteiger partial charge in [0.05, 0.1) is 0 Å². The molecule has 132 valence electrons. The van der Waals surface area contributed by atoms with Gasteiger partial charge in [-0.05, 0) is 38.1 Å². The van der Waals surface area contributed by atoms with Crippen LogP contribution in [-0.4, -0.2) is 16.0 Å². The van der Waals surface area contributed by atoms with Crippen LogP contribution in [0.5, 0.6) is 0 Å². The van der Waals surface area contributed by atoms with Crippen molar-refractivity contribution in [1.82, 2.24) is 10.2 Å². The lowest BCUT2D eigenvalue weighted by molar-refractivity contribution is 0.101. The highest BCUT2D eigenvalue weighted by atomic mass is 16.1. The van der Waals surface area contributed by atoms with Crippen LogP contribution in [0.2, 0.25) is 0 Å². The van der Waals surface area contributed by atoms with Crippen molar-refractivity contribution < 1.29 is 4.79 Å². The van der Waals surface area contributed by atoms with Gasteiger partial charge in [-0.15, -0.1) is 10.2 Å². The predicted molar refractivity (Wildman–Crippen MR) is 109 cm³/mol. The third kappa shape index (κ3) is 3.42. The molecule has 1 N–H and O–H groups in total. The van der Waals surface area contributed by atoms with Crippen molar-refractivity contribution in [2.24, 2.45) is 0 Å². The first-order chi connectivity index (χ1) is 13.1. The summed E-state index contributed by atoms with van der Waals surface area (Å²) >= 11 is 0. The van der Waals surface area contributed by atoms with Gasteiger partial charge in [-0.25, -0.2) is 0 Å². The van der Waals surface area contributed by atoms with Crippen molar-refractivity contribution in [1.29, 1.82) is 0 Å². The number of nitrogens with one attached hydrogen (secondary N) is 1. The van der Waals surface area contributed by atoms with E-state index in [1.165, 1.54) is 5.56 Å². The number of ketones is 1. The molecule has 0 radical (unpaired) electrons. The average molecular weight is 353 g/mol. The molecule has 0 spiro atoms. The minimum absolute atomic E-state index is 0.0502. The number of anilines is 2. The summed E-state index contributed by atoms with van der Waals surface area (Å²) < 4.78 is 0. The van der Waals surface area contributed by atoms with E-state index in [2.05, 4.69) is 52.8 Å². The molecule has 3 aromatic carbocycles. The van der Waals surface area contributed by atoms with Crippen LogP contribution >= 0.6 is 0 Å². The Kier molecular flexibility index (Phi) is 4.38. The van der Waals surface area contributed by atoms with Crippen molar-refractivity contribution in [2.75, 3.05) is 5.32 Å². The van der Waals surface area contributed by atoms with Crippen LogP contribution in [0.3, 0.4) is 0 Å². The van der Waals surface area contributed by atoms with E-state index in [1.54, 1.807) is 19.1 Å². The Morgan fingerprint density at radius 2 is 1.48 bits per heavy atom. The first-order valence-electron chi connectivity index (χ1n) is 8.82. The molecule has 0 fully saturated rings. The number of carbonyl (C=O) groups excluding carboxylic acids is 1. The molecular weight excluding hydrogens is 334 g/mol. The van der Waals surface area contributed by atoms with Gasteiger partial charge < -0.3 is 5.32 Å². The molecule has 0 amide bonds. The van der Waals surface area contributed by atoms with Crippen LogP contribution in [0, 0.1) is 6.92 Å². The van der Waals surface area contributed by atoms with Crippen molar-refractivity contribution in [3.63, 3.8) is 0 Å². The quantitative estimate of drug-likeness (QED) is 0.489. The van der Waals surface area contributed by atoms with E-state index in [4.69, 9.17) is 0 Å². The van der Waals surface area contributed by atoms with Gasteiger partial charge in [0.25, 0.3) is 0 Å². The normalized spacial score (nSPS) is 10.7. The number of Topliss-reactive ketones (excluding diaryl/α,β-unsaturated/α-hetero) is 1. The minimum Gasteiger partial charge on any atom is -0.338 e. The fourth-order valence-electron chi connectivity index (χ4n) is 3.05. The van der Waals surface area contributed by atoms with Gasteiger partial charge in [0.2, 0.25) is 0 Å². The third-order valence-corrected chi connectivity index (χ3v) is 4.57. The molecule has 0 atom stereocenters. The highest BCUT2D eigenvalue weighted by Gasteiger charge is 2.11. The predicted octanol–water partition coefficient (Wildman–Crippen LogP) is 5.55. The summed E-state index contributed by atoms with van der Waals surface area (Å²) in [6.45, 7) is 3.63. The maximum absolute atomic E-state index is 11.4. The zero-order valence-electron chi connectivity index (χ0n) is 15.2. The molecule has 4 rings (SSSR count). The number of hydrogen-bond donors (Lipinski definition) is 1. The first kappa shape index (κ1) is 16.9. The fourth-order valence-corrected chi connectivity index (χ4v) is 3.05. The summed E-state index contributed by atoms with van der Waals surface area (Å²) in [5, 5.41) is 14.3. The number of rotatable bonds is 4. The molecule has 0 saturated carbocycles. The number of benzene rings is 3. The van der Waals surface area contributed by atoms with E-state index in [0.29, 0.717) is 11.4 Å². The Balaban J connectivity index is 1.75. The fraction of sp³-hybridized carbons (Fsp3) is 0.0870. The largest absolute Gasteiger partial charge is 0.338 e. The highest BCUT2D eigenvalue weighted by Crippen LogP contribution is 2.31. The number of aromatic nitrogens is 2. The standard InChI is InChI=1S/C23H19N3O/c1-15-7-9-18(10-8-15)22-20-5-3-4-6-21(20)23(26-25-22)24-19-13-11-17(12-14-19)16(2)27/h3-14H,1-2H3,(H,24,26). The molecule has 4 heteroatoms. The second kappa shape index (κ2) is 7.00. The van der Waals surface area contributed by atoms with Crippen molar-refractivity contribution >= 4 is 28.1 Å². The second-order valence-electron chi connectivity index (χ2n) is 6.57. The van der Waals surface area contributed by atoms with Gasteiger partial charge in [0.1, 0.15) is 5.69 Å². The summed E-state index contributed by atoms with van der Waals surface area (Å²) in [5.74, 6) is 0.742. The smallest absolute Gasteiger partial charge is 0.161 e. The minimum atomic E-state index is 0.0502. The van der Waals surface area contributed by atoms with Gasteiger partial charge in [-0.1, -0.05) is 54.1 Å². The van der Waals surface area contributed by atoms with Crippen LogP contribution in [0.25, 0.3) is 22.0 Å². The van der Waals surface area contributed by atoms with Crippen LogP contribution in [0.4, 0.5) is 11.5 Å². The van der Waals surface area contributed by atoms with E-state index in [9.17, 15) is 4.79 Å². The molecule has 1 heterocycles. The molecule has 0 unspecified atom stereocenters. The van der Waals surface area contributed by atoms with E-state index >= 15 is 0 Å². The van der Waals surface area contributed by atoms with Gasteiger partial charge in [-0.2, -0.15) is 0 Å².